The monoisotopic (exact) mass is 412 g/mol. The van der Waals surface area contributed by atoms with Crippen LogP contribution in [0.1, 0.15) is 48.9 Å². The zero-order valence-corrected chi connectivity index (χ0v) is 18.0. The van der Waals surface area contributed by atoms with E-state index in [4.69, 9.17) is 4.74 Å². The molecule has 7 heteroatoms. The lowest BCUT2D eigenvalue weighted by Crippen LogP contribution is -2.30. The standard InChI is InChI=1S/C22H28N4O2S/c1-16(2)11-14-28-18-9-7-17(8-10-18)22(27)23-19(12-15-29-3)21-25-24-20-6-4-5-13-26(20)21/h4-10,13,16,19H,11-12,14-15H2,1-3H3,(H,23,27). The molecule has 1 unspecified atom stereocenters. The Morgan fingerprint density at radius 1 is 1.14 bits per heavy atom. The number of rotatable bonds is 10. The van der Waals surface area contributed by atoms with Gasteiger partial charge in [0.05, 0.1) is 12.6 Å². The number of amides is 1. The summed E-state index contributed by atoms with van der Waals surface area (Å²) in [6.07, 6.45) is 5.76. The van der Waals surface area contributed by atoms with Crippen LogP contribution in [0.25, 0.3) is 5.65 Å². The molecule has 0 saturated heterocycles. The second kappa shape index (κ2) is 10.3. The minimum atomic E-state index is -0.214. The lowest BCUT2D eigenvalue weighted by Gasteiger charge is -2.17. The highest BCUT2D eigenvalue weighted by Crippen LogP contribution is 2.20. The smallest absolute Gasteiger partial charge is 0.251 e. The Morgan fingerprint density at radius 2 is 1.93 bits per heavy atom. The number of nitrogens with one attached hydrogen (secondary N) is 1. The highest BCUT2D eigenvalue weighted by atomic mass is 32.2. The van der Waals surface area contributed by atoms with E-state index in [1.165, 1.54) is 0 Å². The topological polar surface area (TPSA) is 68.5 Å². The maximum Gasteiger partial charge on any atom is 0.251 e. The van der Waals surface area contributed by atoms with Gasteiger partial charge in [0.2, 0.25) is 0 Å². The summed E-state index contributed by atoms with van der Waals surface area (Å²) in [5.74, 6) is 2.92. The molecule has 1 aromatic carbocycles. The Bertz CT molecular complexity index is 924. The van der Waals surface area contributed by atoms with Crippen LogP contribution in [0.5, 0.6) is 5.75 Å². The van der Waals surface area contributed by atoms with Gasteiger partial charge in [0.25, 0.3) is 5.91 Å². The number of thioether (sulfide) groups is 1. The highest BCUT2D eigenvalue weighted by Gasteiger charge is 2.20. The lowest BCUT2D eigenvalue weighted by atomic mass is 10.1. The fourth-order valence-corrected chi connectivity index (χ4v) is 3.43. The van der Waals surface area contributed by atoms with Gasteiger partial charge in [0, 0.05) is 11.8 Å². The van der Waals surface area contributed by atoms with Crippen LogP contribution in [0.4, 0.5) is 0 Å². The molecular formula is C22H28N4O2S. The Hall–Kier alpha value is -2.54. The van der Waals surface area contributed by atoms with Crippen molar-refractivity contribution in [2.45, 2.75) is 32.7 Å². The van der Waals surface area contributed by atoms with Crippen LogP contribution in [0.2, 0.25) is 0 Å². The molecule has 1 atom stereocenters. The Labute approximate surface area is 176 Å². The summed E-state index contributed by atoms with van der Waals surface area (Å²) in [6.45, 7) is 5.02. The maximum absolute atomic E-state index is 12.8. The summed E-state index contributed by atoms with van der Waals surface area (Å²) in [5.41, 5.74) is 1.37. The Morgan fingerprint density at radius 3 is 2.66 bits per heavy atom. The van der Waals surface area contributed by atoms with Crippen molar-refractivity contribution in [1.82, 2.24) is 19.9 Å². The summed E-state index contributed by atoms with van der Waals surface area (Å²) in [5, 5.41) is 11.7. The van der Waals surface area contributed by atoms with E-state index < -0.39 is 0 Å². The Kier molecular flexibility index (Phi) is 7.52. The van der Waals surface area contributed by atoms with Gasteiger partial charge in [0.15, 0.2) is 11.5 Å². The summed E-state index contributed by atoms with van der Waals surface area (Å²) in [7, 11) is 0. The van der Waals surface area contributed by atoms with Gasteiger partial charge in [0.1, 0.15) is 5.75 Å². The number of carbonyl (C=O) groups excluding carboxylic acids is 1. The van der Waals surface area contributed by atoms with Gasteiger partial charge in [-0.1, -0.05) is 19.9 Å². The number of ether oxygens (including phenoxy) is 1. The molecule has 0 bridgehead atoms. The molecule has 154 valence electrons. The van der Waals surface area contributed by atoms with E-state index in [1.54, 1.807) is 23.9 Å². The molecule has 0 radical (unpaired) electrons. The Balaban J connectivity index is 1.70. The normalized spacial score (nSPS) is 12.3. The molecular weight excluding hydrogens is 384 g/mol. The van der Waals surface area contributed by atoms with Crippen LogP contribution in [-0.2, 0) is 0 Å². The van der Waals surface area contributed by atoms with Crippen LogP contribution in [0.15, 0.2) is 48.7 Å². The molecule has 3 rings (SSSR count). The third-order valence-electron chi connectivity index (χ3n) is 4.65. The van der Waals surface area contributed by atoms with Gasteiger partial charge in [-0.15, -0.1) is 10.2 Å². The molecule has 3 aromatic rings. The number of benzene rings is 1. The largest absolute Gasteiger partial charge is 0.494 e. The SMILES string of the molecule is CSCCC(NC(=O)c1ccc(OCCC(C)C)cc1)c1nnc2ccccn12. The number of hydrogen-bond donors (Lipinski definition) is 1. The molecule has 1 N–H and O–H groups in total. The van der Waals surface area contributed by atoms with E-state index in [9.17, 15) is 4.79 Å². The summed E-state index contributed by atoms with van der Waals surface area (Å²) in [6, 6.07) is 12.8. The van der Waals surface area contributed by atoms with E-state index in [-0.39, 0.29) is 11.9 Å². The zero-order valence-electron chi connectivity index (χ0n) is 17.2. The van der Waals surface area contributed by atoms with Crippen molar-refractivity contribution >= 4 is 23.3 Å². The average Bonchev–Trinajstić information content (AvgIpc) is 3.15. The van der Waals surface area contributed by atoms with E-state index >= 15 is 0 Å². The van der Waals surface area contributed by atoms with E-state index in [1.807, 2.05) is 40.9 Å². The van der Waals surface area contributed by atoms with Gasteiger partial charge in [-0.25, -0.2) is 0 Å². The first kappa shape index (κ1) is 21.2. The molecule has 2 aromatic heterocycles. The third-order valence-corrected chi connectivity index (χ3v) is 5.29. The van der Waals surface area contributed by atoms with Crippen LogP contribution < -0.4 is 10.1 Å². The first-order valence-electron chi connectivity index (χ1n) is 9.91. The predicted molar refractivity (Wildman–Crippen MR) is 118 cm³/mol. The quantitative estimate of drug-likeness (QED) is 0.535. The number of pyridine rings is 1. The number of fused-ring (bicyclic) bond motifs is 1. The molecule has 2 heterocycles. The molecule has 0 aliphatic carbocycles. The summed E-state index contributed by atoms with van der Waals surface area (Å²) in [4.78, 5) is 12.8. The van der Waals surface area contributed by atoms with Gasteiger partial charge < -0.3 is 10.1 Å². The summed E-state index contributed by atoms with van der Waals surface area (Å²) >= 11 is 1.74. The van der Waals surface area contributed by atoms with Crippen molar-refractivity contribution < 1.29 is 9.53 Å². The van der Waals surface area contributed by atoms with E-state index in [0.29, 0.717) is 18.1 Å². The molecule has 0 spiro atoms. The molecule has 6 nitrogen and oxygen atoms in total. The molecule has 0 aliphatic rings. The van der Waals surface area contributed by atoms with Crippen molar-refractivity contribution in [3.63, 3.8) is 0 Å². The number of nitrogens with zero attached hydrogens (tertiary/aromatic N) is 3. The zero-order chi connectivity index (χ0) is 20.6. The molecule has 29 heavy (non-hydrogen) atoms. The van der Waals surface area contributed by atoms with Gasteiger partial charge in [-0.05, 0) is 67.2 Å². The molecule has 0 aliphatic heterocycles. The van der Waals surface area contributed by atoms with Crippen molar-refractivity contribution in [2.24, 2.45) is 5.92 Å². The lowest BCUT2D eigenvalue weighted by molar-refractivity contribution is 0.0933. The first-order chi connectivity index (χ1) is 14.1. The van der Waals surface area contributed by atoms with E-state index in [2.05, 4.69) is 35.6 Å². The van der Waals surface area contributed by atoms with Crippen LogP contribution in [0.3, 0.4) is 0 Å². The van der Waals surface area contributed by atoms with Crippen LogP contribution in [-0.4, -0.2) is 39.1 Å². The fraction of sp³-hybridized carbons (Fsp3) is 0.409. The first-order valence-corrected chi connectivity index (χ1v) is 11.3. The van der Waals surface area contributed by atoms with Crippen molar-refractivity contribution in [3.8, 4) is 5.75 Å². The average molecular weight is 413 g/mol. The van der Waals surface area contributed by atoms with Crippen molar-refractivity contribution in [3.05, 3.63) is 60.0 Å². The second-order valence-electron chi connectivity index (χ2n) is 7.35. The minimum absolute atomic E-state index is 0.127. The van der Waals surface area contributed by atoms with Crippen LogP contribution >= 0.6 is 11.8 Å². The number of aromatic nitrogens is 3. The highest BCUT2D eigenvalue weighted by molar-refractivity contribution is 7.98. The molecule has 1 amide bonds. The van der Waals surface area contributed by atoms with Gasteiger partial charge >= 0.3 is 0 Å². The van der Waals surface area contributed by atoms with E-state index in [0.717, 1.165) is 35.8 Å². The number of carbonyl (C=O) groups is 1. The van der Waals surface area contributed by atoms with Gasteiger partial charge in [-0.3, -0.25) is 9.20 Å². The van der Waals surface area contributed by atoms with Gasteiger partial charge in [-0.2, -0.15) is 11.8 Å². The fourth-order valence-electron chi connectivity index (χ4n) is 2.96. The number of hydrogen-bond acceptors (Lipinski definition) is 5. The minimum Gasteiger partial charge on any atom is -0.494 e. The predicted octanol–water partition coefficient (Wildman–Crippen LogP) is 4.38. The van der Waals surface area contributed by atoms with Crippen molar-refractivity contribution in [2.75, 3.05) is 18.6 Å². The molecule has 0 fully saturated rings. The maximum atomic E-state index is 12.8. The van der Waals surface area contributed by atoms with Crippen LogP contribution in [0, 0.1) is 5.92 Å². The molecule has 0 saturated carbocycles. The second-order valence-corrected chi connectivity index (χ2v) is 8.34. The van der Waals surface area contributed by atoms with Crippen molar-refractivity contribution in [1.29, 1.82) is 0 Å². The third kappa shape index (κ3) is 5.73. The summed E-state index contributed by atoms with van der Waals surface area (Å²) < 4.78 is 7.66.